The SMILES string of the molecule is Cc1ncc(C#N)c(Nc2ccc3[nH]ccc3c2C)c1/C=C/c1ccc(CN(C)C)cc1. The predicted octanol–water partition coefficient (Wildman–Crippen LogP) is 6.03. The highest BCUT2D eigenvalue weighted by molar-refractivity contribution is 5.90. The van der Waals surface area contributed by atoms with Gasteiger partial charge in [-0.15, -0.1) is 0 Å². The standard InChI is InChI=1S/C27H27N5/c1-18-23-13-14-29-26(23)12-11-25(18)31-27-22(15-28)16-30-19(2)24(27)10-9-20-5-7-21(8-6-20)17-32(3)4/h5-14,16,29H,17H2,1-4H3,(H,30,31)/b10-9+. The molecule has 0 aliphatic rings. The van der Waals surface area contributed by atoms with E-state index in [0.29, 0.717) is 5.56 Å². The molecule has 5 heteroatoms. The molecule has 5 nitrogen and oxygen atoms in total. The molecule has 2 aromatic carbocycles. The normalized spacial score (nSPS) is 11.4. The smallest absolute Gasteiger partial charge is 0.103 e. The number of benzene rings is 2. The predicted molar refractivity (Wildman–Crippen MR) is 133 cm³/mol. The highest BCUT2D eigenvalue weighted by Gasteiger charge is 2.13. The average Bonchev–Trinajstić information content (AvgIpc) is 3.26. The first-order valence-electron chi connectivity index (χ1n) is 10.6. The van der Waals surface area contributed by atoms with Crippen molar-refractivity contribution in [2.75, 3.05) is 19.4 Å². The van der Waals surface area contributed by atoms with Gasteiger partial charge >= 0.3 is 0 Å². The van der Waals surface area contributed by atoms with Crippen molar-refractivity contribution in [3.63, 3.8) is 0 Å². The zero-order chi connectivity index (χ0) is 22.7. The molecular weight excluding hydrogens is 394 g/mol. The van der Waals surface area contributed by atoms with E-state index in [-0.39, 0.29) is 0 Å². The third-order valence-electron chi connectivity index (χ3n) is 5.62. The number of aromatic amines is 1. The summed E-state index contributed by atoms with van der Waals surface area (Å²) in [7, 11) is 4.13. The number of hydrogen-bond acceptors (Lipinski definition) is 4. The monoisotopic (exact) mass is 421 g/mol. The van der Waals surface area contributed by atoms with Crippen LogP contribution >= 0.6 is 0 Å². The average molecular weight is 422 g/mol. The van der Waals surface area contributed by atoms with Crippen molar-refractivity contribution in [1.29, 1.82) is 5.26 Å². The molecule has 0 fully saturated rings. The first kappa shape index (κ1) is 21.4. The van der Waals surface area contributed by atoms with Gasteiger partial charge in [0.1, 0.15) is 6.07 Å². The molecule has 0 amide bonds. The lowest BCUT2D eigenvalue weighted by atomic mass is 10.0. The molecule has 0 aliphatic heterocycles. The lowest BCUT2D eigenvalue weighted by Gasteiger charge is -2.16. The Hall–Kier alpha value is -3.88. The number of aromatic nitrogens is 2. The summed E-state index contributed by atoms with van der Waals surface area (Å²) in [4.78, 5) is 9.85. The van der Waals surface area contributed by atoms with Crippen LogP contribution in [0.3, 0.4) is 0 Å². The Bertz CT molecular complexity index is 1320. The Labute approximate surface area is 189 Å². The van der Waals surface area contributed by atoms with Crippen LogP contribution in [0.4, 0.5) is 11.4 Å². The largest absolute Gasteiger partial charge is 0.361 e. The van der Waals surface area contributed by atoms with E-state index in [0.717, 1.165) is 51.2 Å². The minimum absolute atomic E-state index is 0.519. The fourth-order valence-electron chi connectivity index (χ4n) is 3.88. The van der Waals surface area contributed by atoms with Crippen LogP contribution in [0.1, 0.15) is 33.5 Å². The lowest BCUT2D eigenvalue weighted by Crippen LogP contribution is -2.10. The third kappa shape index (κ3) is 4.41. The van der Waals surface area contributed by atoms with Crippen molar-refractivity contribution >= 4 is 34.4 Å². The van der Waals surface area contributed by atoms with Gasteiger partial charge in [0.15, 0.2) is 0 Å². The Morgan fingerprint density at radius 3 is 2.56 bits per heavy atom. The van der Waals surface area contributed by atoms with Gasteiger partial charge in [-0.1, -0.05) is 36.4 Å². The van der Waals surface area contributed by atoms with Crippen LogP contribution in [0, 0.1) is 25.2 Å². The Kier molecular flexibility index (Phi) is 6.07. The number of H-pyrrole nitrogens is 1. The second-order valence-electron chi connectivity index (χ2n) is 8.27. The van der Waals surface area contributed by atoms with E-state index in [1.54, 1.807) is 6.20 Å². The molecule has 2 aromatic heterocycles. The fraction of sp³-hybridized carbons (Fsp3) is 0.185. The Balaban J connectivity index is 1.70. The maximum atomic E-state index is 9.74. The molecule has 0 unspecified atom stereocenters. The minimum Gasteiger partial charge on any atom is -0.361 e. The van der Waals surface area contributed by atoms with E-state index in [1.807, 2.05) is 25.3 Å². The first-order valence-corrected chi connectivity index (χ1v) is 10.6. The topological polar surface area (TPSA) is 67.7 Å². The molecule has 0 atom stereocenters. The number of rotatable bonds is 6. The number of aryl methyl sites for hydroxylation is 2. The van der Waals surface area contributed by atoms with E-state index < -0.39 is 0 Å². The molecule has 2 N–H and O–H groups in total. The zero-order valence-electron chi connectivity index (χ0n) is 18.9. The second-order valence-corrected chi connectivity index (χ2v) is 8.27. The van der Waals surface area contributed by atoms with Gasteiger partial charge in [0.25, 0.3) is 0 Å². The van der Waals surface area contributed by atoms with E-state index in [4.69, 9.17) is 0 Å². The van der Waals surface area contributed by atoms with Crippen LogP contribution in [0.25, 0.3) is 23.1 Å². The number of hydrogen-bond donors (Lipinski definition) is 2. The van der Waals surface area contributed by atoms with Gasteiger partial charge in [0.2, 0.25) is 0 Å². The molecule has 160 valence electrons. The van der Waals surface area contributed by atoms with E-state index in [2.05, 4.69) is 89.7 Å². The lowest BCUT2D eigenvalue weighted by molar-refractivity contribution is 0.402. The summed E-state index contributed by atoms with van der Waals surface area (Å²) >= 11 is 0. The zero-order valence-corrected chi connectivity index (χ0v) is 18.9. The van der Waals surface area contributed by atoms with Gasteiger partial charge in [-0.05, 0) is 62.8 Å². The van der Waals surface area contributed by atoms with Crippen LogP contribution in [0.15, 0.2) is 54.9 Å². The van der Waals surface area contributed by atoms with Crippen LogP contribution in [0.2, 0.25) is 0 Å². The molecule has 4 rings (SSSR count). The van der Waals surface area contributed by atoms with Crippen LogP contribution in [-0.4, -0.2) is 29.0 Å². The molecule has 0 spiro atoms. The molecule has 0 aliphatic carbocycles. The summed E-state index contributed by atoms with van der Waals surface area (Å²) in [5.74, 6) is 0. The summed E-state index contributed by atoms with van der Waals surface area (Å²) < 4.78 is 0. The number of anilines is 2. The van der Waals surface area contributed by atoms with E-state index in [1.165, 1.54) is 5.56 Å². The van der Waals surface area contributed by atoms with Crippen LogP contribution in [-0.2, 0) is 6.54 Å². The van der Waals surface area contributed by atoms with Crippen molar-refractivity contribution in [3.8, 4) is 6.07 Å². The van der Waals surface area contributed by atoms with Crippen molar-refractivity contribution in [2.24, 2.45) is 0 Å². The highest BCUT2D eigenvalue weighted by Crippen LogP contribution is 2.32. The maximum absolute atomic E-state index is 9.74. The molecule has 0 saturated heterocycles. The molecule has 0 radical (unpaired) electrons. The molecule has 0 bridgehead atoms. The molecular formula is C27H27N5. The molecule has 32 heavy (non-hydrogen) atoms. The van der Waals surface area contributed by atoms with Crippen molar-refractivity contribution < 1.29 is 0 Å². The number of fused-ring (bicyclic) bond motifs is 1. The number of nitrogens with zero attached hydrogens (tertiary/aromatic N) is 3. The van der Waals surface area contributed by atoms with Gasteiger partial charge in [-0.3, -0.25) is 4.98 Å². The molecule has 4 aromatic rings. The number of nitrogens with one attached hydrogen (secondary N) is 2. The minimum atomic E-state index is 0.519. The van der Waals surface area contributed by atoms with E-state index in [9.17, 15) is 5.26 Å². The third-order valence-corrected chi connectivity index (χ3v) is 5.62. The molecule has 0 saturated carbocycles. The first-order chi connectivity index (χ1) is 15.5. The summed E-state index contributed by atoms with van der Waals surface area (Å²) in [6.07, 6.45) is 7.68. The summed E-state index contributed by atoms with van der Waals surface area (Å²) in [5.41, 5.74) is 8.65. The molecule has 2 heterocycles. The van der Waals surface area contributed by atoms with Crippen molar-refractivity contribution in [1.82, 2.24) is 14.9 Å². The Morgan fingerprint density at radius 2 is 1.84 bits per heavy atom. The van der Waals surface area contributed by atoms with Gasteiger partial charge in [-0.25, -0.2) is 0 Å². The fourth-order valence-corrected chi connectivity index (χ4v) is 3.88. The van der Waals surface area contributed by atoms with E-state index >= 15 is 0 Å². The van der Waals surface area contributed by atoms with Crippen molar-refractivity contribution in [2.45, 2.75) is 20.4 Å². The second kappa shape index (κ2) is 9.09. The van der Waals surface area contributed by atoms with Crippen molar-refractivity contribution in [3.05, 3.63) is 88.4 Å². The number of pyridine rings is 1. The highest BCUT2D eigenvalue weighted by atomic mass is 15.0. The van der Waals surface area contributed by atoms with Gasteiger partial charge in [-0.2, -0.15) is 5.26 Å². The summed E-state index contributed by atoms with van der Waals surface area (Å²) in [5, 5.41) is 14.4. The van der Waals surface area contributed by atoms with Crippen LogP contribution in [0.5, 0.6) is 0 Å². The maximum Gasteiger partial charge on any atom is 0.103 e. The van der Waals surface area contributed by atoms with Gasteiger partial charge in [0.05, 0.1) is 11.3 Å². The summed E-state index contributed by atoms with van der Waals surface area (Å²) in [6, 6.07) is 17.0. The summed E-state index contributed by atoms with van der Waals surface area (Å²) in [6.45, 7) is 4.97. The van der Waals surface area contributed by atoms with Gasteiger partial charge < -0.3 is 15.2 Å². The van der Waals surface area contributed by atoms with Crippen LogP contribution < -0.4 is 5.32 Å². The number of nitriles is 1. The Morgan fingerprint density at radius 1 is 1.06 bits per heavy atom. The van der Waals surface area contributed by atoms with Gasteiger partial charge in [0, 0.05) is 46.8 Å². The quantitative estimate of drug-likeness (QED) is 0.399.